The van der Waals surface area contributed by atoms with Crippen molar-refractivity contribution in [2.45, 2.75) is 27.3 Å². The van der Waals surface area contributed by atoms with Gasteiger partial charge in [-0.25, -0.2) is 4.68 Å². The Morgan fingerprint density at radius 1 is 1.28 bits per heavy atom. The largest absolute Gasteiger partial charge is 0.316 e. The van der Waals surface area contributed by atoms with Gasteiger partial charge in [-0.05, 0) is 45.0 Å². The summed E-state index contributed by atoms with van der Waals surface area (Å²) in [5.41, 5.74) is 5.41. The molecule has 1 N–H and O–H groups in total. The topological polar surface area (TPSA) is 29.9 Å². The van der Waals surface area contributed by atoms with E-state index < -0.39 is 0 Å². The van der Waals surface area contributed by atoms with Crippen LogP contribution in [0.25, 0.3) is 5.69 Å². The SMILES string of the molecule is CNCc1ccc(-n2nc(C)c(Cl)c2C)c(C)c1. The van der Waals surface area contributed by atoms with E-state index >= 15 is 0 Å². The summed E-state index contributed by atoms with van der Waals surface area (Å²) in [6, 6.07) is 6.39. The van der Waals surface area contributed by atoms with Crippen molar-refractivity contribution in [3.8, 4) is 5.69 Å². The van der Waals surface area contributed by atoms with E-state index in [4.69, 9.17) is 11.6 Å². The summed E-state index contributed by atoms with van der Waals surface area (Å²) in [6.07, 6.45) is 0. The van der Waals surface area contributed by atoms with Gasteiger partial charge in [0.25, 0.3) is 0 Å². The molecule has 4 heteroatoms. The van der Waals surface area contributed by atoms with Gasteiger partial charge in [0.15, 0.2) is 0 Å². The monoisotopic (exact) mass is 263 g/mol. The Hall–Kier alpha value is -1.32. The van der Waals surface area contributed by atoms with Crippen LogP contribution in [0, 0.1) is 20.8 Å². The van der Waals surface area contributed by atoms with E-state index in [2.05, 4.69) is 35.5 Å². The summed E-state index contributed by atoms with van der Waals surface area (Å²) < 4.78 is 1.91. The van der Waals surface area contributed by atoms with Gasteiger partial charge in [-0.15, -0.1) is 0 Å². The lowest BCUT2D eigenvalue weighted by atomic mass is 10.1. The molecule has 0 aliphatic carbocycles. The number of benzene rings is 1. The standard InChI is InChI=1S/C14H18ClN3/c1-9-7-12(8-16-4)5-6-13(9)18-11(3)14(15)10(2)17-18/h5-7,16H,8H2,1-4H3. The van der Waals surface area contributed by atoms with Crippen LogP contribution in [0.1, 0.15) is 22.5 Å². The molecule has 0 aliphatic heterocycles. The summed E-state index contributed by atoms with van der Waals surface area (Å²) in [5, 5.41) is 8.38. The fraction of sp³-hybridized carbons (Fsp3) is 0.357. The smallest absolute Gasteiger partial charge is 0.0848 e. The van der Waals surface area contributed by atoms with E-state index in [9.17, 15) is 0 Å². The molecule has 0 aliphatic rings. The first-order valence-electron chi connectivity index (χ1n) is 6.00. The van der Waals surface area contributed by atoms with Crippen molar-refractivity contribution in [1.82, 2.24) is 15.1 Å². The normalized spacial score (nSPS) is 10.9. The second kappa shape index (κ2) is 5.12. The molecule has 2 aromatic rings. The Morgan fingerprint density at radius 3 is 2.50 bits per heavy atom. The number of hydrogen-bond acceptors (Lipinski definition) is 2. The zero-order valence-corrected chi connectivity index (χ0v) is 12.0. The lowest BCUT2D eigenvalue weighted by Gasteiger charge is -2.10. The van der Waals surface area contributed by atoms with Crippen LogP contribution in [-0.2, 0) is 6.54 Å². The Balaban J connectivity index is 2.48. The van der Waals surface area contributed by atoms with E-state index in [1.54, 1.807) is 0 Å². The second-order valence-corrected chi connectivity index (χ2v) is 4.93. The molecule has 1 aromatic heterocycles. The number of halogens is 1. The van der Waals surface area contributed by atoms with Gasteiger partial charge in [0, 0.05) is 6.54 Å². The van der Waals surface area contributed by atoms with Crippen LogP contribution in [0.4, 0.5) is 0 Å². The maximum atomic E-state index is 6.19. The molecule has 18 heavy (non-hydrogen) atoms. The average Bonchev–Trinajstić information content (AvgIpc) is 2.58. The van der Waals surface area contributed by atoms with Crippen molar-refractivity contribution in [3.05, 3.63) is 45.7 Å². The Bertz CT molecular complexity index is 573. The molecule has 3 nitrogen and oxygen atoms in total. The molecule has 0 radical (unpaired) electrons. The van der Waals surface area contributed by atoms with Crippen molar-refractivity contribution in [2.24, 2.45) is 0 Å². The van der Waals surface area contributed by atoms with E-state index in [-0.39, 0.29) is 0 Å². The van der Waals surface area contributed by atoms with Gasteiger partial charge in [-0.2, -0.15) is 5.10 Å². The fourth-order valence-electron chi connectivity index (χ4n) is 2.13. The van der Waals surface area contributed by atoms with Crippen molar-refractivity contribution < 1.29 is 0 Å². The summed E-state index contributed by atoms with van der Waals surface area (Å²) in [7, 11) is 1.95. The van der Waals surface area contributed by atoms with Gasteiger partial charge in [-0.1, -0.05) is 23.7 Å². The predicted molar refractivity (Wildman–Crippen MR) is 75.5 cm³/mol. The third-order valence-electron chi connectivity index (χ3n) is 3.07. The van der Waals surface area contributed by atoms with Crippen molar-refractivity contribution in [2.75, 3.05) is 7.05 Å². The molecular formula is C14H18ClN3. The molecule has 0 unspecified atom stereocenters. The van der Waals surface area contributed by atoms with Crippen LogP contribution in [0.15, 0.2) is 18.2 Å². The predicted octanol–water partition coefficient (Wildman–Crippen LogP) is 3.17. The molecule has 1 aromatic carbocycles. The first-order valence-corrected chi connectivity index (χ1v) is 6.38. The van der Waals surface area contributed by atoms with Gasteiger partial charge >= 0.3 is 0 Å². The van der Waals surface area contributed by atoms with Gasteiger partial charge in [0.2, 0.25) is 0 Å². The maximum absolute atomic E-state index is 6.19. The molecule has 1 heterocycles. The van der Waals surface area contributed by atoms with E-state index in [1.807, 2.05) is 25.6 Å². The van der Waals surface area contributed by atoms with Crippen LogP contribution in [0.5, 0.6) is 0 Å². The number of aromatic nitrogens is 2. The zero-order chi connectivity index (χ0) is 13.3. The number of rotatable bonds is 3. The highest BCUT2D eigenvalue weighted by atomic mass is 35.5. The minimum atomic E-state index is 0.744. The van der Waals surface area contributed by atoms with Crippen molar-refractivity contribution in [1.29, 1.82) is 0 Å². The van der Waals surface area contributed by atoms with Crippen LogP contribution >= 0.6 is 11.6 Å². The molecule has 0 saturated carbocycles. The number of aryl methyl sites for hydroxylation is 2. The first-order chi connectivity index (χ1) is 8.54. The highest BCUT2D eigenvalue weighted by Crippen LogP contribution is 2.24. The zero-order valence-electron chi connectivity index (χ0n) is 11.2. The molecule has 0 spiro atoms. The Labute approximate surface area is 113 Å². The number of hydrogen-bond donors (Lipinski definition) is 1. The van der Waals surface area contributed by atoms with Gasteiger partial charge < -0.3 is 5.32 Å². The molecule has 0 bridgehead atoms. The highest BCUT2D eigenvalue weighted by molar-refractivity contribution is 6.31. The van der Waals surface area contributed by atoms with E-state index in [1.165, 1.54) is 11.1 Å². The number of nitrogens with zero attached hydrogens (tertiary/aromatic N) is 2. The van der Waals surface area contributed by atoms with E-state index in [0.717, 1.165) is 28.6 Å². The molecule has 0 saturated heterocycles. The Kier molecular flexibility index (Phi) is 3.73. The molecule has 2 rings (SSSR count). The molecule has 0 amide bonds. The summed E-state index contributed by atoms with van der Waals surface area (Å²) in [4.78, 5) is 0. The highest BCUT2D eigenvalue weighted by Gasteiger charge is 2.12. The van der Waals surface area contributed by atoms with E-state index in [0.29, 0.717) is 0 Å². The van der Waals surface area contributed by atoms with Crippen LogP contribution in [0.2, 0.25) is 5.02 Å². The summed E-state index contributed by atoms with van der Waals surface area (Å²) >= 11 is 6.19. The number of nitrogens with one attached hydrogen (secondary N) is 1. The third-order valence-corrected chi connectivity index (χ3v) is 3.62. The third kappa shape index (κ3) is 2.28. The Morgan fingerprint density at radius 2 is 2.00 bits per heavy atom. The minimum Gasteiger partial charge on any atom is -0.316 e. The minimum absolute atomic E-state index is 0.744. The molecule has 96 valence electrons. The van der Waals surface area contributed by atoms with Gasteiger partial charge in [0.1, 0.15) is 0 Å². The van der Waals surface area contributed by atoms with Crippen molar-refractivity contribution in [3.63, 3.8) is 0 Å². The molecule has 0 atom stereocenters. The summed E-state index contributed by atoms with van der Waals surface area (Å²) in [6.45, 7) is 6.89. The lowest BCUT2D eigenvalue weighted by Crippen LogP contribution is -2.07. The molecule has 0 fully saturated rings. The van der Waals surface area contributed by atoms with Gasteiger partial charge in [0.05, 0.1) is 22.1 Å². The van der Waals surface area contributed by atoms with Crippen LogP contribution in [-0.4, -0.2) is 16.8 Å². The quantitative estimate of drug-likeness (QED) is 0.922. The lowest BCUT2D eigenvalue weighted by molar-refractivity contribution is 0.806. The average molecular weight is 264 g/mol. The first kappa shape index (κ1) is 13.1. The van der Waals surface area contributed by atoms with Crippen LogP contribution in [0.3, 0.4) is 0 Å². The second-order valence-electron chi connectivity index (χ2n) is 4.55. The molecular weight excluding hydrogens is 246 g/mol. The summed E-state index contributed by atoms with van der Waals surface area (Å²) in [5.74, 6) is 0. The maximum Gasteiger partial charge on any atom is 0.0848 e. The van der Waals surface area contributed by atoms with Gasteiger partial charge in [-0.3, -0.25) is 0 Å². The van der Waals surface area contributed by atoms with Crippen molar-refractivity contribution >= 4 is 11.6 Å². The fourth-order valence-corrected chi connectivity index (χ4v) is 2.25. The van der Waals surface area contributed by atoms with Crippen LogP contribution < -0.4 is 5.32 Å².